The minimum absolute atomic E-state index is 0.0944. The second kappa shape index (κ2) is 9.15. The Morgan fingerprint density at radius 2 is 1.70 bits per heavy atom. The van der Waals surface area contributed by atoms with Gasteiger partial charge in [0.2, 0.25) is 0 Å². The standard InChI is InChI=1S/C24H24N4O5/c1-27(13-21(29)30)23(31)22(20-11-12-25-28(20)2)26-24(32)33-14-19-17-9-5-3-7-15(17)16-8-4-6-10-18(16)19/h3-12,19,22H,13-14H2,1-2H3,(H,26,32)(H,29,30). The van der Waals surface area contributed by atoms with Gasteiger partial charge in [0.1, 0.15) is 13.2 Å². The van der Waals surface area contributed by atoms with Crippen molar-refractivity contribution in [3.8, 4) is 11.1 Å². The lowest BCUT2D eigenvalue weighted by Gasteiger charge is -2.24. The molecule has 0 radical (unpaired) electrons. The number of nitrogens with zero attached hydrogens (tertiary/aromatic N) is 3. The second-order valence-electron chi connectivity index (χ2n) is 7.87. The number of carbonyl (C=O) groups is 3. The molecule has 9 heteroatoms. The summed E-state index contributed by atoms with van der Waals surface area (Å²) in [6.45, 7) is -0.406. The molecule has 2 N–H and O–H groups in total. The molecule has 1 aromatic heterocycles. The summed E-state index contributed by atoms with van der Waals surface area (Å²) >= 11 is 0. The zero-order valence-corrected chi connectivity index (χ0v) is 18.3. The number of carboxylic acid groups (broad SMARTS) is 1. The van der Waals surface area contributed by atoms with Crippen LogP contribution in [0.25, 0.3) is 11.1 Å². The fourth-order valence-electron chi connectivity index (χ4n) is 4.19. The highest BCUT2D eigenvalue weighted by Crippen LogP contribution is 2.44. The topological polar surface area (TPSA) is 114 Å². The third-order valence-electron chi connectivity index (χ3n) is 5.76. The Kier molecular flexibility index (Phi) is 6.12. The van der Waals surface area contributed by atoms with E-state index in [1.165, 1.54) is 17.9 Å². The number of nitrogens with one attached hydrogen (secondary N) is 1. The van der Waals surface area contributed by atoms with Crippen molar-refractivity contribution >= 4 is 18.0 Å². The number of rotatable bonds is 7. The number of carboxylic acids is 1. The van der Waals surface area contributed by atoms with E-state index in [0.29, 0.717) is 5.69 Å². The van der Waals surface area contributed by atoms with Gasteiger partial charge in [-0.1, -0.05) is 48.5 Å². The molecule has 4 rings (SSSR count). The molecular formula is C24H24N4O5. The fraction of sp³-hybridized carbons (Fsp3) is 0.250. The first kappa shape index (κ1) is 22.1. The van der Waals surface area contributed by atoms with E-state index in [0.717, 1.165) is 27.2 Å². The molecule has 0 bridgehead atoms. The number of hydrogen-bond acceptors (Lipinski definition) is 5. The molecule has 0 spiro atoms. The average molecular weight is 448 g/mol. The number of carbonyl (C=O) groups excluding carboxylic acids is 2. The summed E-state index contributed by atoms with van der Waals surface area (Å²) in [4.78, 5) is 37.7. The van der Waals surface area contributed by atoms with E-state index in [4.69, 9.17) is 9.84 Å². The van der Waals surface area contributed by atoms with E-state index in [1.807, 2.05) is 48.5 Å². The van der Waals surface area contributed by atoms with Crippen LogP contribution in [0.2, 0.25) is 0 Å². The van der Waals surface area contributed by atoms with Gasteiger partial charge in [0.05, 0.1) is 5.69 Å². The van der Waals surface area contributed by atoms with Crippen molar-refractivity contribution in [3.05, 3.63) is 77.6 Å². The van der Waals surface area contributed by atoms with Crippen LogP contribution in [0, 0.1) is 0 Å². The number of ether oxygens (including phenoxy) is 1. The number of aromatic nitrogens is 2. The molecule has 0 fully saturated rings. The van der Waals surface area contributed by atoms with E-state index in [1.54, 1.807) is 13.1 Å². The molecule has 1 atom stereocenters. The Bertz CT molecular complexity index is 1160. The number of aryl methyl sites for hydroxylation is 1. The molecule has 2 aromatic carbocycles. The van der Waals surface area contributed by atoms with Crippen molar-refractivity contribution in [3.63, 3.8) is 0 Å². The minimum atomic E-state index is -1.16. The number of benzene rings is 2. The molecule has 3 aromatic rings. The summed E-state index contributed by atoms with van der Waals surface area (Å²) < 4.78 is 7.00. The zero-order valence-electron chi connectivity index (χ0n) is 18.3. The molecule has 33 heavy (non-hydrogen) atoms. The first-order valence-electron chi connectivity index (χ1n) is 10.4. The van der Waals surface area contributed by atoms with Gasteiger partial charge in [-0.25, -0.2) is 4.79 Å². The van der Waals surface area contributed by atoms with Crippen molar-refractivity contribution in [2.75, 3.05) is 20.2 Å². The summed E-state index contributed by atoms with van der Waals surface area (Å²) in [6.07, 6.45) is 0.715. The summed E-state index contributed by atoms with van der Waals surface area (Å²) in [7, 11) is 2.99. The Balaban J connectivity index is 1.50. The molecule has 0 saturated heterocycles. The van der Waals surface area contributed by atoms with Gasteiger partial charge in [0.25, 0.3) is 5.91 Å². The van der Waals surface area contributed by atoms with Crippen molar-refractivity contribution in [2.24, 2.45) is 7.05 Å². The van der Waals surface area contributed by atoms with E-state index in [9.17, 15) is 14.4 Å². The van der Waals surface area contributed by atoms with E-state index < -0.39 is 30.6 Å². The molecule has 1 heterocycles. The van der Waals surface area contributed by atoms with Crippen LogP contribution >= 0.6 is 0 Å². The Hall–Kier alpha value is -4.14. The van der Waals surface area contributed by atoms with Crippen LogP contribution in [0.3, 0.4) is 0 Å². The SMILES string of the molecule is CN(CC(=O)O)C(=O)C(NC(=O)OCC1c2ccccc2-c2ccccc21)c1ccnn1C. The van der Waals surface area contributed by atoms with Crippen molar-refractivity contribution < 1.29 is 24.2 Å². The smallest absolute Gasteiger partial charge is 0.408 e. The monoisotopic (exact) mass is 448 g/mol. The summed E-state index contributed by atoms with van der Waals surface area (Å²) in [6, 6.07) is 16.4. The van der Waals surface area contributed by atoms with Crippen LogP contribution < -0.4 is 5.32 Å². The summed E-state index contributed by atoms with van der Waals surface area (Å²) in [5, 5.41) is 15.6. The maximum Gasteiger partial charge on any atom is 0.408 e. The highest BCUT2D eigenvalue weighted by Gasteiger charge is 2.32. The lowest BCUT2D eigenvalue weighted by atomic mass is 9.98. The molecule has 0 saturated carbocycles. The largest absolute Gasteiger partial charge is 0.480 e. The first-order valence-corrected chi connectivity index (χ1v) is 10.4. The van der Waals surface area contributed by atoms with Gasteiger partial charge < -0.3 is 20.1 Å². The van der Waals surface area contributed by atoms with Gasteiger partial charge in [-0.2, -0.15) is 5.10 Å². The van der Waals surface area contributed by atoms with Gasteiger partial charge in [0.15, 0.2) is 6.04 Å². The second-order valence-corrected chi connectivity index (χ2v) is 7.87. The highest BCUT2D eigenvalue weighted by molar-refractivity contribution is 5.88. The van der Waals surface area contributed by atoms with Crippen LogP contribution in [-0.4, -0.2) is 58.0 Å². The van der Waals surface area contributed by atoms with Crippen LogP contribution in [0.15, 0.2) is 60.8 Å². The number of alkyl carbamates (subject to hydrolysis) is 1. The van der Waals surface area contributed by atoms with Crippen molar-refractivity contribution in [1.29, 1.82) is 0 Å². The Morgan fingerprint density at radius 1 is 1.09 bits per heavy atom. The lowest BCUT2D eigenvalue weighted by Crippen LogP contribution is -2.44. The predicted octanol–water partition coefficient (Wildman–Crippen LogP) is 2.54. The minimum Gasteiger partial charge on any atom is -0.480 e. The predicted molar refractivity (Wildman–Crippen MR) is 119 cm³/mol. The third-order valence-corrected chi connectivity index (χ3v) is 5.76. The normalized spacial score (nSPS) is 13.0. The van der Waals surface area contributed by atoms with Gasteiger partial charge in [0, 0.05) is 26.2 Å². The van der Waals surface area contributed by atoms with Gasteiger partial charge in [-0.15, -0.1) is 0 Å². The van der Waals surface area contributed by atoms with Gasteiger partial charge in [-0.05, 0) is 28.3 Å². The zero-order chi connectivity index (χ0) is 23.5. The van der Waals surface area contributed by atoms with Crippen molar-refractivity contribution in [2.45, 2.75) is 12.0 Å². The van der Waals surface area contributed by atoms with Gasteiger partial charge in [-0.3, -0.25) is 14.3 Å². The molecule has 1 aliphatic rings. The molecule has 2 amide bonds. The quantitative estimate of drug-likeness (QED) is 0.574. The van der Waals surface area contributed by atoms with Crippen LogP contribution in [0.4, 0.5) is 4.79 Å². The van der Waals surface area contributed by atoms with Crippen LogP contribution in [0.5, 0.6) is 0 Å². The number of aliphatic carboxylic acids is 1. The maximum absolute atomic E-state index is 12.9. The highest BCUT2D eigenvalue weighted by atomic mass is 16.5. The first-order chi connectivity index (χ1) is 15.9. The number of hydrogen-bond donors (Lipinski definition) is 2. The van der Waals surface area contributed by atoms with E-state index in [2.05, 4.69) is 10.4 Å². The van der Waals surface area contributed by atoms with Gasteiger partial charge >= 0.3 is 12.1 Å². The van der Waals surface area contributed by atoms with Crippen LogP contribution in [0.1, 0.15) is 28.8 Å². The summed E-state index contributed by atoms with van der Waals surface area (Å²) in [5.74, 6) is -1.87. The Morgan fingerprint density at radius 3 is 2.24 bits per heavy atom. The lowest BCUT2D eigenvalue weighted by molar-refractivity contribution is -0.144. The van der Waals surface area contributed by atoms with E-state index >= 15 is 0 Å². The number of fused-ring (bicyclic) bond motifs is 3. The molecule has 170 valence electrons. The fourth-order valence-corrected chi connectivity index (χ4v) is 4.19. The molecule has 9 nitrogen and oxygen atoms in total. The maximum atomic E-state index is 12.9. The molecule has 1 unspecified atom stereocenters. The van der Waals surface area contributed by atoms with Crippen LogP contribution in [-0.2, 0) is 21.4 Å². The average Bonchev–Trinajstić information content (AvgIpc) is 3.36. The van der Waals surface area contributed by atoms with Crippen molar-refractivity contribution in [1.82, 2.24) is 20.0 Å². The number of likely N-dealkylation sites (N-methyl/N-ethyl adjacent to an activating group) is 1. The molecule has 0 aliphatic heterocycles. The molecule has 1 aliphatic carbocycles. The molecular weight excluding hydrogens is 424 g/mol. The number of amides is 2. The summed E-state index contributed by atoms with van der Waals surface area (Å²) in [5.41, 5.74) is 4.78. The third kappa shape index (κ3) is 4.43. The van der Waals surface area contributed by atoms with E-state index in [-0.39, 0.29) is 12.5 Å². The Labute approximate surface area is 190 Å².